The van der Waals surface area contributed by atoms with Crippen LogP contribution in [0.5, 0.6) is 0 Å². The van der Waals surface area contributed by atoms with Crippen molar-refractivity contribution in [3.05, 3.63) is 99.6 Å². The van der Waals surface area contributed by atoms with Crippen LogP contribution in [-0.4, -0.2) is 11.9 Å². The van der Waals surface area contributed by atoms with Crippen LogP contribution in [0.25, 0.3) is 0 Å². The average Bonchev–Trinajstić information content (AvgIpc) is 2.69. The van der Waals surface area contributed by atoms with Crippen LogP contribution in [-0.2, 0) is 11.2 Å². The number of hydrogen-bond acceptors (Lipinski definition) is 3. The SMILES string of the molecule is Cc1ccc(NC(=O)c2ccc3c(c2)CC(c2ccc(Cl)cc2)OC3=O)cc1. The number of carbonyl (C=O) groups is 2. The molecule has 1 atom stereocenters. The molecule has 5 heteroatoms. The first-order chi connectivity index (χ1) is 13.5. The molecule has 0 aromatic heterocycles. The molecular formula is C23H18ClNO3. The smallest absolute Gasteiger partial charge is 0.339 e. The summed E-state index contributed by atoms with van der Waals surface area (Å²) < 4.78 is 5.56. The summed E-state index contributed by atoms with van der Waals surface area (Å²) in [5.74, 6) is -0.597. The summed E-state index contributed by atoms with van der Waals surface area (Å²) in [4.78, 5) is 25.0. The molecule has 0 saturated carbocycles. The number of esters is 1. The first kappa shape index (κ1) is 18.3. The molecule has 0 spiro atoms. The van der Waals surface area contributed by atoms with Gasteiger partial charge in [0.15, 0.2) is 0 Å². The van der Waals surface area contributed by atoms with Crippen molar-refractivity contribution in [1.29, 1.82) is 0 Å². The van der Waals surface area contributed by atoms with Crippen LogP contribution in [0, 0.1) is 6.92 Å². The Kier molecular flexibility index (Phi) is 4.88. The van der Waals surface area contributed by atoms with Gasteiger partial charge in [0.25, 0.3) is 5.91 Å². The predicted octanol–water partition coefficient (Wildman–Crippen LogP) is 5.35. The number of halogens is 1. The Labute approximate surface area is 168 Å². The molecule has 0 fully saturated rings. The van der Waals surface area contributed by atoms with Crippen molar-refractivity contribution in [2.75, 3.05) is 5.32 Å². The number of amides is 1. The summed E-state index contributed by atoms with van der Waals surface area (Å²) in [7, 11) is 0. The van der Waals surface area contributed by atoms with E-state index in [1.165, 1.54) is 0 Å². The van der Waals surface area contributed by atoms with E-state index < -0.39 is 6.10 Å². The third kappa shape index (κ3) is 3.78. The van der Waals surface area contributed by atoms with Crippen molar-refractivity contribution in [1.82, 2.24) is 0 Å². The lowest BCUT2D eigenvalue weighted by atomic mass is 9.93. The number of aryl methyl sites for hydroxylation is 1. The standard InChI is InChI=1S/C23H18ClNO3/c1-14-2-9-19(10-3-14)25-22(26)16-6-11-20-17(12-16)13-21(28-23(20)27)15-4-7-18(24)8-5-15/h2-12,21H,13H2,1H3,(H,25,26). The maximum Gasteiger partial charge on any atom is 0.339 e. The van der Waals surface area contributed by atoms with E-state index in [4.69, 9.17) is 16.3 Å². The van der Waals surface area contributed by atoms with Gasteiger partial charge in [-0.1, -0.05) is 41.4 Å². The van der Waals surface area contributed by atoms with E-state index in [-0.39, 0.29) is 11.9 Å². The van der Waals surface area contributed by atoms with Gasteiger partial charge in [0, 0.05) is 22.7 Å². The zero-order valence-corrected chi connectivity index (χ0v) is 16.0. The number of hydrogen-bond donors (Lipinski definition) is 1. The van der Waals surface area contributed by atoms with Crippen molar-refractivity contribution >= 4 is 29.2 Å². The van der Waals surface area contributed by atoms with Crippen molar-refractivity contribution < 1.29 is 14.3 Å². The number of ether oxygens (including phenoxy) is 1. The van der Waals surface area contributed by atoms with Gasteiger partial charge >= 0.3 is 5.97 Å². The number of cyclic esters (lactones) is 1. The fraction of sp³-hybridized carbons (Fsp3) is 0.130. The molecule has 0 aliphatic carbocycles. The molecule has 3 aromatic carbocycles. The summed E-state index contributed by atoms with van der Waals surface area (Å²) in [5, 5.41) is 3.51. The fourth-order valence-corrected chi connectivity index (χ4v) is 3.37. The molecule has 0 bridgehead atoms. The molecule has 4 nitrogen and oxygen atoms in total. The lowest BCUT2D eigenvalue weighted by Gasteiger charge is -2.25. The van der Waals surface area contributed by atoms with Crippen LogP contribution in [0.15, 0.2) is 66.7 Å². The quantitative estimate of drug-likeness (QED) is 0.612. The minimum atomic E-state index is -0.396. The molecular weight excluding hydrogens is 374 g/mol. The summed E-state index contributed by atoms with van der Waals surface area (Å²) >= 11 is 5.94. The van der Waals surface area contributed by atoms with Crippen LogP contribution in [0.2, 0.25) is 5.02 Å². The number of fused-ring (bicyclic) bond motifs is 1. The molecule has 28 heavy (non-hydrogen) atoms. The first-order valence-corrected chi connectivity index (χ1v) is 9.35. The van der Waals surface area contributed by atoms with E-state index in [9.17, 15) is 9.59 Å². The van der Waals surface area contributed by atoms with Crippen molar-refractivity contribution in [3.63, 3.8) is 0 Å². The average molecular weight is 392 g/mol. The maximum absolute atomic E-state index is 12.6. The molecule has 1 aliphatic rings. The van der Waals surface area contributed by atoms with Crippen LogP contribution in [0.1, 0.15) is 43.5 Å². The van der Waals surface area contributed by atoms with Gasteiger partial charge in [-0.15, -0.1) is 0 Å². The summed E-state index contributed by atoms with van der Waals surface area (Å²) in [6.07, 6.45) is 0.113. The molecule has 1 heterocycles. The van der Waals surface area contributed by atoms with Gasteiger partial charge in [-0.25, -0.2) is 4.79 Å². The Morgan fingerprint density at radius 3 is 2.46 bits per heavy atom. The molecule has 0 radical (unpaired) electrons. The molecule has 1 amide bonds. The Morgan fingerprint density at radius 2 is 1.75 bits per heavy atom. The second kappa shape index (κ2) is 7.49. The monoisotopic (exact) mass is 391 g/mol. The van der Waals surface area contributed by atoms with Crippen LogP contribution in [0.3, 0.4) is 0 Å². The van der Waals surface area contributed by atoms with Crippen LogP contribution < -0.4 is 5.32 Å². The van der Waals surface area contributed by atoms with Crippen molar-refractivity contribution in [3.8, 4) is 0 Å². The van der Waals surface area contributed by atoms with Gasteiger partial charge in [-0.05, 0) is 60.5 Å². The zero-order valence-electron chi connectivity index (χ0n) is 15.2. The van der Waals surface area contributed by atoms with Gasteiger partial charge in [-0.3, -0.25) is 4.79 Å². The third-order valence-corrected chi connectivity index (χ3v) is 5.05. The first-order valence-electron chi connectivity index (χ1n) is 8.97. The van der Waals surface area contributed by atoms with Gasteiger partial charge in [0.1, 0.15) is 6.10 Å². The highest BCUT2D eigenvalue weighted by molar-refractivity contribution is 6.30. The molecule has 3 aromatic rings. The topological polar surface area (TPSA) is 55.4 Å². The second-order valence-corrected chi connectivity index (χ2v) is 7.28. The van der Waals surface area contributed by atoms with Crippen LogP contribution >= 0.6 is 11.6 Å². The third-order valence-electron chi connectivity index (χ3n) is 4.79. The highest BCUT2D eigenvalue weighted by Crippen LogP contribution is 2.31. The van der Waals surface area contributed by atoms with Gasteiger partial charge in [-0.2, -0.15) is 0 Å². The number of carbonyl (C=O) groups excluding carboxylic acids is 2. The molecule has 1 unspecified atom stereocenters. The van der Waals surface area contributed by atoms with Gasteiger partial charge < -0.3 is 10.1 Å². The molecule has 1 aliphatic heterocycles. The number of anilines is 1. The zero-order chi connectivity index (χ0) is 19.7. The maximum atomic E-state index is 12.6. The Bertz CT molecular complexity index is 1040. The van der Waals surface area contributed by atoms with E-state index in [0.29, 0.717) is 22.6 Å². The molecule has 1 N–H and O–H groups in total. The minimum Gasteiger partial charge on any atom is -0.454 e. The number of rotatable bonds is 3. The van der Waals surface area contributed by atoms with Gasteiger partial charge in [0.05, 0.1) is 5.56 Å². The summed E-state index contributed by atoms with van der Waals surface area (Å²) in [6.45, 7) is 1.99. The lowest BCUT2D eigenvalue weighted by molar-refractivity contribution is 0.0252. The van der Waals surface area contributed by atoms with Crippen LogP contribution in [0.4, 0.5) is 5.69 Å². The van der Waals surface area contributed by atoms with E-state index in [1.54, 1.807) is 30.3 Å². The predicted molar refractivity (Wildman–Crippen MR) is 109 cm³/mol. The summed E-state index contributed by atoms with van der Waals surface area (Å²) in [5.41, 5.74) is 4.52. The molecule has 140 valence electrons. The van der Waals surface area contributed by atoms with E-state index in [2.05, 4.69) is 5.32 Å². The van der Waals surface area contributed by atoms with E-state index in [1.807, 2.05) is 43.3 Å². The lowest BCUT2D eigenvalue weighted by Crippen LogP contribution is -2.23. The largest absolute Gasteiger partial charge is 0.454 e. The molecule has 0 saturated heterocycles. The van der Waals surface area contributed by atoms with Crippen molar-refractivity contribution in [2.45, 2.75) is 19.4 Å². The van der Waals surface area contributed by atoms with E-state index >= 15 is 0 Å². The second-order valence-electron chi connectivity index (χ2n) is 6.84. The van der Waals surface area contributed by atoms with E-state index in [0.717, 1.165) is 22.4 Å². The van der Waals surface area contributed by atoms with Crippen molar-refractivity contribution in [2.24, 2.45) is 0 Å². The Hall–Kier alpha value is -3.11. The normalized spacial score (nSPS) is 15.5. The fourth-order valence-electron chi connectivity index (χ4n) is 3.24. The summed E-state index contributed by atoms with van der Waals surface area (Å²) in [6, 6.07) is 19.9. The minimum absolute atomic E-state index is 0.214. The Morgan fingerprint density at radius 1 is 1.04 bits per heavy atom. The highest BCUT2D eigenvalue weighted by Gasteiger charge is 2.28. The number of benzene rings is 3. The van der Waals surface area contributed by atoms with Gasteiger partial charge in [0.2, 0.25) is 0 Å². The molecule has 4 rings (SSSR count). The highest BCUT2D eigenvalue weighted by atomic mass is 35.5. The Balaban J connectivity index is 1.57. The number of nitrogens with one attached hydrogen (secondary N) is 1.